The molecule has 0 aliphatic carbocycles. The van der Waals surface area contributed by atoms with E-state index in [9.17, 15) is 4.79 Å². The summed E-state index contributed by atoms with van der Waals surface area (Å²) < 4.78 is 0. The van der Waals surface area contributed by atoms with Crippen molar-refractivity contribution >= 4 is 11.6 Å². The maximum absolute atomic E-state index is 11.5. The number of aromatic nitrogens is 1. The Bertz CT molecular complexity index is 364. The largest absolute Gasteiger partial charge is 0.357 e. The summed E-state index contributed by atoms with van der Waals surface area (Å²) in [5, 5.41) is 0. The van der Waals surface area contributed by atoms with Crippen LogP contribution in [0.1, 0.15) is 49.4 Å². The van der Waals surface area contributed by atoms with Gasteiger partial charge in [-0.05, 0) is 25.0 Å². The number of Topliss-reactive ketones (excluding diaryl/α,β-unsaturated/α-hetero) is 1. The second-order valence-corrected chi connectivity index (χ2v) is 4.58. The molecule has 0 atom stereocenters. The van der Waals surface area contributed by atoms with Gasteiger partial charge in [-0.15, -0.1) is 0 Å². The molecule has 2 rings (SSSR count). The molecule has 1 aromatic heterocycles. The molecule has 0 aromatic carbocycles. The number of nitrogens with zero attached hydrogens (tertiary/aromatic N) is 2. The van der Waals surface area contributed by atoms with Crippen LogP contribution in [0.15, 0.2) is 18.3 Å². The van der Waals surface area contributed by atoms with Gasteiger partial charge < -0.3 is 4.90 Å². The molecule has 17 heavy (non-hydrogen) atoms. The molecule has 0 saturated carbocycles. The maximum atomic E-state index is 11.5. The fourth-order valence-corrected chi connectivity index (χ4v) is 2.24. The highest BCUT2D eigenvalue weighted by Gasteiger charge is 2.11. The molecule has 0 spiro atoms. The van der Waals surface area contributed by atoms with Crippen LogP contribution >= 0.6 is 0 Å². The third-order valence-electron chi connectivity index (χ3n) is 3.32. The first-order chi connectivity index (χ1) is 8.31. The van der Waals surface area contributed by atoms with E-state index >= 15 is 0 Å². The van der Waals surface area contributed by atoms with Crippen LogP contribution in [0.2, 0.25) is 0 Å². The van der Waals surface area contributed by atoms with E-state index in [4.69, 9.17) is 0 Å². The van der Waals surface area contributed by atoms with Crippen LogP contribution < -0.4 is 4.90 Å². The highest BCUT2D eigenvalue weighted by Crippen LogP contribution is 2.17. The number of hydrogen-bond donors (Lipinski definition) is 0. The monoisotopic (exact) mass is 232 g/mol. The smallest absolute Gasteiger partial charge is 0.164 e. The fraction of sp³-hybridized carbons (Fsp3) is 0.571. The van der Waals surface area contributed by atoms with Crippen LogP contribution in [0.5, 0.6) is 0 Å². The Kier molecular flexibility index (Phi) is 4.13. The minimum absolute atomic E-state index is 0.167. The van der Waals surface area contributed by atoms with Crippen molar-refractivity contribution < 1.29 is 4.79 Å². The van der Waals surface area contributed by atoms with Crippen molar-refractivity contribution in [1.29, 1.82) is 0 Å². The van der Waals surface area contributed by atoms with Gasteiger partial charge in [-0.1, -0.05) is 19.8 Å². The maximum Gasteiger partial charge on any atom is 0.164 e. The van der Waals surface area contributed by atoms with Crippen LogP contribution in [0.4, 0.5) is 5.82 Å². The molecule has 0 radical (unpaired) electrons. The molecule has 0 N–H and O–H groups in total. The number of rotatable bonds is 3. The molecule has 1 aromatic rings. The van der Waals surface area contributed by atoms with Gasteiger partial charge in [0.15, 0.2) is 5.78 Å². The lowest BCUT2D eigenvalue weighted by atomic mass is 10.1. The van der Waals surface area contributed by atoms with E-state index in [0.717, 1.165) is 24.5 Å². The third kappa shape index (κ3) is 3.05. The predicted molar refractivity (Wildman–Crippen MR) is 69.5 cm³/mol. The topological polar surface area (TPSA) is 33.2 Å². The van der Waals surface area contributed by atoms with Crippen LogP contribution in [0.25, 0.3) is 0 Å². The molecule has 1 aliphatic rings. The SMILES string of the molecule is CCC(=O)c1ccc(N2CCCCCC2)nc1. The van der Waals surface area contributed by atoms with Crippen molar-refractivity contribution in [3.8, 4) is 0 Å². The van der Waals surface area contributed by atoms with E-state index in [2.05, 4.69) is 9.88 Å². The molecule has 1 aliphatic heterocycles. The first-order valence-electron chi connectivity index (χ1n) is 6.55. The van der Waals surface area contributed by atoms with Crippen LogP contribution in [0, 0.1) is 0 Å². The second kappa shape index (κ2) is 5.80. The third-order valence-corrected chi connectivity index (χ3v) is 3.32. The van der Waals surface area contributed by atoms with E-state index in [1.54, 1.807) is 6.20 Å². The molecule has 1 fully saturated rings. The highest BCUT2D eigenvalue weighted by molar-refractivity contribution is 5.95. The molecule has 92 valence electrons. The molecule has 0 bridgehead atoms. The van der Waals surface area contributed by atoms with Gasteiger partial charge in [0.05, 0.1) is 0 Å². The molecular weight excluding hydrogens is 212 g/mol. The normalized spacial score (nSPS) is 16.6. The Labute approximate surface area is 103 Å². The lowest BCUT2D eigenvalue weighted by Crippen LogP contribution is -2.24. The standard InChI is InChI=1S/C14H20N2O/c1-2-13(17)12-7-8-14(15-11-12)16-9-5-3-4-6-10-16/h7-8,11H,2-6,9-10H2,1H3. The fourth-order valence-electron chi connectivity index (χ4n) is 2.24. The summed E-state index contributed by atoms with van der Waals surface area (Å²) in [4.78, 5) is 18.2. The van der Waals surface area contributed by atoms with Crippen LogP contribution in [-0.4, -0.2) is 23.9 Å². The Hall–Kier alpha value is -1.38. The molecular formula is C14H20N2O. The van der Waals surface area contributed by atoms with Crippen molar-refractivity contribution in [1.82, 2.24) is 4.98 Å². The van der Waals surface area contributed by atoms with Gasteiger partial charge in [-0.25, -0.2) is 4.98 Å². The van der Waals surface area contributed by atoms with Gasteiger partial charge in [0.2, 0.25) is 0 Å². The summed E-state index contributed by atoms with van der Waals surface area (Å²) in [6, 6.07) is 3.88. The van der Waals surface area contributed by atoms with Crippen molar-refractivity contribution in [2.75, 3.05) is 18.0 Å². The number of carbonyl (C=O) groups excluding carboxylic acids is 1. The molecule has 2 heterocycles. The number of carbonyl (C=O) groups is 1. The number of hydrogen-bond acceptors (Lipinski definition) is 3. The van der Waals surface area contributed by atoms with Crippen LogP contribution in [0.3, 0.4) is 0 Å². The number of anilines is 1. The van der Waals surface area contributed by atoms with E-state index in [-0.39, 0.29) is 5.78 Å². The van der Waals surface area contributed by atoms with E-state index in [0.29, 0.717) is 6.42 Å². The summed E-state index contributed by atoms with van der Waals surface area (Å²) in [6.45, 7) is 4.06. The minimum atomic E-state index is 0.167. The van der Waals surface area contributed by atoms with E-state index in [1.165, 1.54) is 25.7 Å². The quantitative estimate of drug-likeness (QED) is 0.751. The average Bonchev–Trinajstić information content (AvgIpc) is 2.67. The average molecular weight is 232 g/mol. The summed E-state index contributed by atoms with van der Waals surface area (Å²) >= 11 is 0. The number of pyridine rings is 1. The Balaban J connectivity index is 2.08. The molecule has 1 saturated heterocycles. The molecule has 3 heteroatoms. The second-order valence-electron chi connectivity index (χ2n) is 4.58. The zero-order valence-corrected chi connectivity index (χ0v) is 10.5. The van der Waals surface area contributed by atoms with Crippen molar-refractivity contribution in [2.45, 2.75) is 39.0 Å². The zero-order chi connectivity index (χ0) is 12.1. The van der Waals surface area contributed by atoms with Gasteiger partial charge in [0.1, 0.15) is 5.82 Å². The van der Waals surface area contributed by atoms with Crippen LogP contribution in [-0.2, 0) is 0 Å². The first kappa shape index (κ1) is 12.1. The Morgan fingerprint density at radius 1 is 1.24 bits per heavy atom. The summed E-state index contributed by atoms with van der Waals surface area (Å²) in [7, 11) is 0. The van der Waals surface area contributed by atoms with Gasteiger partial charge in [-0.3, -0.25) is 4.79 Å². The minimum Gasteiger partial charge on any atom is -0.357 e. The lowest BCUT2D eigenvalue weighted by molar-refractivity contribution is 0.0988. The van der Waals surface area contributed by atoms with Gasteiger partial charge >= 0.3 is 0 Å². The highest BCUT2D eigenvalue weighted by atomic mass is 16.1. The summed E-state index contributed by atoms with van der Waals surface area (Å²) in [5.41, 5.74) is 0.728. The summed E-state index contributed by atoms with van der Waals surface area (Å²) in [6.07, 6.45) is 7.40. The number of ketones is 1. The van der Waals surface area contributed by atoms with Crippen molar-refractivity contribution in [2.24, 2.45) is 0 Å². The lowest BCUT2D eigenvalue weighted by Gasteiger charge is -2.21. The summed E-state index contributed by atoms with van der Waals surface area (Å²) in [5.74, 6) is 1.18. The van der Waals surface area contributed by atoms with Gasteiger partial charge in [0.25, 0.3) is 0 Å². The predicted octanol–water partition coefficient (Wildman–Crippen LogP) is 3.05. The molecule has 3 nitrogen and oxygen atoms in total. The zero-order valence-electron chi connectivity index (χ0n) is 10.5. The molecule has 0 amide bonds. The first-order valence-corrected chi connectivity index (χ1v) is 6.55. The van der Waals surface area contributed by atoms with E-state index < -0.39 is 0 Å². The van der Waals surface area contributed by atoms with Crippen molar-refractivity contribution in [3.63, 3.8) is 0 Å². The van der Waals surface area contributed by atoms with Gasteiger partial charge in [0, 0.05) is 31.3 Å². The van der Waals surface area contributed by atoms with Gasteiger partial charge in [-0.2, -0.15) is 0 Å². The Morgan fingerprint density at radius 3 is 2.47 bits per heavy atom. The van der Waals surface area contributed by atoms with E-state index in [1.807, 2.05) is 19.1 Å². The van der Waals surface area contributed by atoms with Crippen molar-refractivity contribution in [3.05, 3.63) is 23.9 Å². The Morgan fingerprint density at radius 2 is 1.94 bits per heavy atom. The molecule has 0 unspecified atom stereocenters.